The highest BCUT2D eigenvalue weighted by Crippen LogP contribution is 2.29. The number of carbonyl (C=O) groups excluding carboxylic acids is 2. The second kappa shape index (κ2) is 10.8. The van der Waals surface area contributed by atoms with Gasteiger partial charge in [-0.25, -0.2) is 0 Å². The second-order valence-corrected chi connectivity index (χ2v) is 6.52. The average molecular weight is 404 g/mol. The van der Waals surface area contributed by atoms with Gasteiger partial charge in [-0.05, 0) is 37.1 Å². The van der Waals surface area contributed by atoms with Crippen molar-refractivity contribution in [2.45, 2.75) is 44.9 Å². The largest absolute Gasteiger partial charge is 0.504 e. The van der Waals surface area contributed by atoms with Crippen LogP contribution in [0.4, 0.5) is 0 Å². The van der Waals surface area contributed by atoms with E-state index in [1.807, 2.05) is 0 Å². The highest BCUT2D eigenvalue weighted by Gasteiger charge is 2.09. The summed E-state index contributed by atoms with van der Waals surface area (Å²) in [6, 6.07) is 7.62. The standard InChI is InChI=1S/C21H24O8/c22-16-10-8-14(12-18(16)24)28-20(26)6-4-2-1-3-5-7-21(27)29-15-9-11-17(23)19(25)13-15/h8-13,22-25H,1-7H2. The van der Waals surface area contributed by atoms with Gasteiger partial charge in [0.1, 0.15) is 11.5 Å². The van der Waals surface area contributed by atoms with Crippen LogP contribution in [0.2, 0.25) is 0 Å². The molecule has 2 aromatic carbocycles. The third-order valence-corrected chi connectivity index (χ3v) is 4.12. The molecule has 0 aliphatic carbocycles. The summed E-state index contributed by atoms with van der Waals surface area (Å²) in [7, 11) is 0. The first-order valence-electron chi connectivity index (χ1n) is 9.30. The van der Waals surface area contributed by atoms with Gasteiger partial charge in [0.25, 0.3) is 0 Å². The fourth-order valence-corrected chi connectivity index (χ4v) is 2.57. The van der Waals surface area contributed by atoms with E-state index in [1.165, 1.54) is 36.4 Å². The first kappa shape index (κ1) is 21.9. The number of hydrogen-bond donors (Lipinski definition) is 4. The van der Waals surface area contributed by atoms with Gasteiger partial charge < -0.3 is 29.9 Å². The molecular formula is C21H24O8. The summed E-state index contributed by atoms with van der Waals surface area (Å²) in [5.74, 6) is -1.76. The Kier molecular flexibility index (Phi) is 8.14. The predicted octanol–water partition coefficient (Wildman–Crippen LogP) is 3.75. The highest BCUT2D eigenvalue weighted by atomic mass is 16.5. The van der Waals surface area contributed by atoms with Crippen LogP contribution >= 0.6 is 0 Å². The van der Waals surface area contributed by atoms with Crippen LogP contribution in [0.1, 0.15) is 44.9 Å². The molecule has 0 saturated carbocycles. The van der Waals surface area contributed by atoms with Gasteiger partial charge in [0.05, 0.1) is 0 Å². The first-order valence-corrected chi connectivity index (χ1v) is 9.30. The first-order chi connectivity index (χ1) is 13.8. The van der Waals surface area contributed by atoms with Crippen LogP contribution < -0.4 is 9.47 Å². The van der Waals surface area contributed by atoms with Gasteiger partial charge >= 0.3 is 11.9 Å². The summed E-state index contributed by atoms with van der Waals surface area (Å²) in [5, 5.41) is 37.1. The minimum absolute atomic E-state index is 0.172. The Morgan fingerprint density at radius 3 is 1.34 bits per heavy atom. The minimum Gasteiger partial charge on any atom is -0.504 e. The summed E-state index contributed by atoms with van der Waals surface area (Å²) in [6.45, 7) is 0. The van der Waals surface area contributed by atoms with Gasteiger partial charge in [-0.3, -0.25) is 9.59 Å². The number of unbranched alkanes of at least 4 members (excludes halogenated alkanes) is 4. The SMILES string of the molecule is O=C(CCCCCCCC(=O)Oc1ccc(O)c(O)c1)Oc1ccc(O)c(O)c1. The summed E-state index contributed by atoms with van der Waals surface area (Å²) >= 11 is 0. The third kappa shape index (κ3) is 7.61. The van der Waals surface area contributed by atoms with E-state index in [0.717, 1.165) is 19.3 Å². The number of phenolic OH excluding ortho intramolecular Hbond substituents is 4. The Labute approximate surface area is 168 Å². The molecule has 0 bridgehead atoms. The molecule has 156 valence electrons. The van der Waals surface area contributed by atoms with Gasteiger partial charge in [-0.1, -0.05) is 19.3 Å². The lowest BCUT2D eigenvalue weighted by molar-refractivity contribution is -0.135. The minimum atomic E-state index is -0.421. The molecule has 0 aromatic heterocycles. The molecule has 0 aliphatic heterocycles. The normalized spacial score (nSPS) is 10.5. The van der Waals surface area contributed by atoms with E-state index in [4.69, 9.17) is 9.47 Å². The highest BCUT2D eigenvalue weighted by molar-refractivity contribution is 5.73. The molecule has 8 nitrogen and oxygen atoms in total. The van der Waals surface area contributed by atoms with Crippen LogP contribution in [-0.2, 0) is 9.59 Å². The van der Waals surface area contributed by atoms with Crippen molar-refractivity contribution in [1.29, 1.82) is 0 Å². The van der Waals surface area contributed by atoms with Crippen molar-refractivity contribution in [1.82, 2.24) is 0 Å². The van der Waals surface area contributed by atoms with E-state index in [2.05, 4.69) is 0 Å². The molecule has 0 heterocycles. The molecular weight excluding hydrogens is 380 g/mol. The Hall–Kier alpha value is -3.42. The van der Waals surface area contributed by atoms with Crippen molar-refractivity contribution in [2.24, 2.45) is 0 Å². The van der Waals surface area contributed by atoms with Gasteiger partial charge in [-0.2, -0.15) is 0 Å². The molecule has 4 N–H and O–H groups in total. The van der Waals surface area contributed by atoms with Crippen LogP contribution in [0.5, 0.6) is 34.5 Å². The zero-order valence-electron chi connectivity index (χ0n) is 15.8. The quantitative estimate of drug-likeness (QED) is 0.204. The Morgan fingerprint density at radius 2 is 0.966 bits per heavy atom. The maximum absolute atomic E-state index is 11.7. The molecule has 0 fully saturated rings. The lowest BCUT2D eigenvalue weighted by atomic mass is 10.1. The van der Waals surface area contributed by atoms with Crippen LogP contribution in [0.15, 0.2) is 36.4 Å². The van der Waals surface area contributed by atoms with Crippen molar-refractivity contribution in [2.75, 3.05) is 0 Å². The van der Waals surface area contributed by atoms with Crippen molar-refractivity contribution in [3.63, 3.8) is 0 Å². The van der Waals surface area contributed by atoms with Gasteiger partial charge in [0.15, 0.2) is 23.0 Å². The predicted molar refractivity (Wildman–Crippen MR) is 103 cm³/mol. The lowest BCUT2D eigenvalue weighted by Crippen LogP contribution is -2.08. The molecule has 0 aliphatic rings. The average Bonchev–Trinajstić information content (AvgIpc) is 2.67. The maximum atomic E-state index is 11.7. The number of benzene rings is 2. The molecule has 2 rings (SSSR count). The van der Waals surface area contributed by atoms with Gasteiger partial charge in [-0.15, -0.1) is 0 Å². The molecule has 8 heteroatoms. The van der Waals surface area contributed by atoms with Gasteiger partial charge in [0, 0.05) is 25.0 Å². The fraction of sp³-hybridized carbons (Fsp3) is 0.333. The van der Waals surface area contributed by atoms with E-state index in [0.29, 0.717) is 12.8 Å². The van der Waals surface area contributed by atoms with Crippen molar-refractivity contribution >= 4 is 11.9 Å². The zero-order valence-corrected chi connectivity index (χ0v) is 15.8. The Morgan fingerprint density at radius 1 is 0.586 bits per heavy atom. The molecule has 0 saturated heterocycles. The monoisotopic (exact) mass is 404 g/mol. The fourth-order valence-electron chi connectivity index (χ4n) is 2.57. The van der Waals surface area contributed by atoms with Crippen LogP contribution in [-0.4, -0.2) is 32.4 Å². The number of phenols is 4. The van der Waals surface area contributed by atoms with E-state index in [9.17, 15) is 30.0 Å². The van der Waals surface area contributed by atoms with Crippen LogP contribution in [0.3, 0.4) is 0 Å². The van der Waals surface area contributed by atoms with Crippen molar-refractivity contribution in [3.8, 4) is 34.5 Å². The van der Waals surface area contributed by atoms with E-state index >= 15 is 0 Å². The summed E-state index contributed by atoms with van der Waals surface area (Å²) < 4.78 is 10.2. The van der Waals surface area contributed by atoms with Crippen LogP contribution in [0.25, 0.3) is 0 Å². The Bertz CT molecular complexity index is 777. The topological polar surface area (TPSA) is 134 Å². The van der Waals surface area contributed by atoms with Crippen molar-refractivity contribution < 1.29 is 39.5 Å². The number of aromatic hydroxyl groups is 4. The zero-order chi connectivity index (χ0) is 21.2. The molecule has 0 unspecified atom stereocenters. The molecule has 0 spiro atoms. The Balaban J connectivity index is 1.54. The van der Waals surface area contributed by atoms with Crippen LogP contribution in [0, 0.1) is 0 Å². The molecule has 0 atom stereocenters. The number of carbonyl (C=O) groups is 2. The number of rotatable bonds is 10. The summed E-state index contributed by atoms with van der Waals surface area (Å²) in [4.78, 5) is 23.5. The lowest BCUT2D eigenvalue weighted by Gasteiger charge is -2.06. The summed E-state index contributed by atoms with van der Waals surface area (Å²) in [5.41, 5.74) is 0. The van der Waals surface area contributed by atoms with E-state index in [-0.39, 0.29) is 47.3 Å². The number of ether oxygens (including phenoxy) is 2. The number of hydrogen-bond acceptors (Lipinski definition) is 8. The van der Waals surface area contributed by atoms with E-state index in [1.54, 1.807) is 0 Å². The summed E-state index contributed by atoms with van der Waals surface area (Å²) in [6.07, 6.45) is 4.19. The molecule has 29 heavy (non-hydrogen) atoms. The maximum Gasteiger partial charge on any atom is 0.311 e. The van der Waals surface area contributed by atoms with Gasteiger partial charge in [0.2, 0.25) is 0 Å². The smallest absolute Gasteiger partial charge is 0.311 e. The molecule has 2 aromatic rings. The molecule has 0 radical (unpaired) electrons. The second-order valence-electron chi connectivity index (χ2n) is 6.52. The third-order valence-electron chi connectivity index (χ3n) is 4.12. The van der Waals surface area contributed by atoms with Crippen molar-refractivity contribution in [3.05, 3.63) is 36.4 Å². The number of esters is 2. The molecule has 0 amide bonds. The van der Waals surface area contributed by atoms with E-state index < -0.39 is 11.9 Å².